The van der Waals surface area contributed by atoms with Crippen LogP contribution in [0.1, 0.15) is 32.8 Å². The summed E-state index contributed by atoms with van der Waals surface area (Å²) >= 11 is 0. The van der Waals surface area contributed by atoms with Crippen molar-refractivity contribution >= 4 is 11.5 Å². The van der Waals surface area contributed by atoms with Crippen LogP contribution >= 0.6 is 0 Å². The lowest BCUT2D eigenvalue weighted by Gasteiger charge is -2.12. The molecule has 1 atom stereocenters. The molecule has 0 saturated heterocycles. The molecule has 0 aliphatic heterocycles. The normalized spacial score (nSPS) is 12.8. The molecule has 0 aliphatic carbocycles. The highest BCUT2D eigenvalue weighted by molar-refractivity contribution is 5.95. The highest BCUT2D eigenvalue weighted by Crippen LogP contribution is 2.29. The first-order chi connectivity index (χ1) is 9.51. The number of methoxy groups -OCH3 is 2. The van der Waals surface area contributed by atoms with E-state index in [1.165, 1.54) is 0 Å². The fourth-order valence-corrected chi connectivity index (χ4v) is 1.79. The van der Waals surface area contributed by atoms with Gasteiger partial charge in [-0.25, -0.2) is 0 Å². The molecule has 4 heteroatoms. The van der Waals surface area contributed by atoms with Gasteiger partial charge in [-0.15, -0.1) is 0 Å². The van der Waals surface area contributed by atoms with Gasteiger partial charge in [0.2, 0.25) is 5.91 Å². The fraction of sp³-hybridized carbons (Fsp3) is 0.438. The standard InChI is InChI=1S/C16H23NO3/c1-6-12(3)17-16(18)9-11(2)14-8-7-13(19-4)10-15(14)20-5/h7-10,12H,6H2,1-5H3,(H,17,18)/b11-9+. The summed E-state index contributed by atoms with van der Waals surface area (Å²) < 4.78 is 10.5. The SMILES string of the molecule is CCC(C)NC(=O)/C=C(\C)c1ccc(OC)cc1OC. The van der Waals surface area contributed by atoms with Crippen LogP contribution in [0.15, 0.2) is 24.3 Å². The smallest absolute Gasteiger partial charge is 0.244 e. The van der Waals surface area contributed by atoms with Gasteiger partial charge >= 0.3 is 0 Å². The van der Waals surface area contributed by atoms with Crippen molar-refractivity contribution in [1.82, 2.24) is 5.32 Å². The highest BCUT2D eigenvalue weighted by atomic mass is 16.5. The molecule has 0 saturated carbocycles. The maximum atomic E-state index is 11.9. The summed E-state index contributed by atoms with van der Waals surface area (Å²) in [5.74, 6) is 1.33. The summed E-state index contributed by atoms with van der Waals surface area (Å²) in [5.41, 5.74) is 1.73. The van der Waals surface area contributed by atoms with Crippen LogP contribution in [0.2, 0.25) is 0 Å². The average Bonchev–Trinajstić information content (AvgIpc) is 2.45. The summed E-state index contributed by atoms with van der Waals surface area (Å²) in [4.78, 5) is 11.9. The van der Waals surface area contributed by atoms with E-state index in [9.17, 15) is 4.79 Å². The maximum Gasteiger partial charge on any atom is 0.244 e. The third-order valence-corrected chi connectivity index (χ3v) is 3.18. The molecule has 1 unspecified atom stereocenters. The van der Waals surface area contributed by atoms with E-state index in [2.05, 4.69) is 5.32 Å². The van der Waals surface area contributed by atoms with Crippen molar-refractivity contribution in [3.63, 3.8) is 0 Å². The van der Waals surface area contributed by atoms with Gasteiger partial charge in [-0.2, -0.15) is 0 Å². The molecule has 0 fully saturated rings. The van der Waals surface area contributed by atoms with Gasteiger partial charge < -0.3 is 14.8 Å². The molecule has 110 valence electrons. The number of nitrogens with one attached hydrogen (secondary N) is 1. The monoisotopic (exact) mass is 277 g/mol. The van der Waals surface area contributed by atoms with E-state index >= 15 is 0 Å². The van der Waals surface area contributed by atoms with Crippen LogP contribution in [0.25, 0.3) is 5.57 Å². The lowest BCUT2D eigenvalue weighted by molar-refractivity contribution is -0.117. The molecular weight excluding hydrogens is 254 g/mol. The first-order valence-corrected chi connectivity index (χ1v) is 6.73. The number of allylic oxidation sites excluding steroid dienone is 1. The molecule has 1 aromatic rings. The summed E-state index contributed by atoms with van der Waals surface area (Å²) in [6.07, 6.45) is 2.50. The molecule has 0 heterocycles. The molecule has 20 heavy (non-hydrogen) atoms. The number of hydrogen-bond donors (Lipinski definition) is 1. The summed E-state index contributed by atoms with van der Waals surface area (Å²) in [7, 11) is 3.21. The maximum absolute atomic E-state index is 11.9. The van der Waals surface area contributed by atoms with Crippen molar-refractivity contribution in [3.8, 4) is 11.5 Å². The van der Waals surface area contributed by atoms with E-state index in [1.807, 2.05) is 32.9 Å². The number of carbonyl (C=O) groups is 1. The van der Waals surface area contributed by atoms with Crippen molar-refractivity contribution < 1.29 is 14.3 Å². The third kappa shape index (κ3) is 4.30. The second-order valence-corrected chi connectivity index (χ2v) is 4.71. The van der Waals surface area contributed by atoms with Crippen LogP contribution in [-0.2, 0) is 4.79 Å². The Morgan fingerprint density at radius 2 is 2.05 bits per heavy atom. The Kier molecular flexibility index (Phi) is 6.10. The molecule has 0 aliphatic rings. The molecular formula is C16H23NO3. The Morgan fingerprint density at radius 1 is 1.35 bits per heavy atom. The topological polar surface area (TPSA) is 47.6 Å². The van der Waals surface area contributed by atoms with Crippen molar-refractivity contribution in [1.29, 1.82) is 0 Å². The Balaban J connectivity index is 2.96. The molecule has 0 radical (unpaired) electrons. The predicted molar refractivity (Wildman–Crippen MR) is 81.1 cm³/mol. The van der Waals surface area contributed by atoms with Gasteiger partial charge in [0.25, 0.3) is 0 Å². The quantitative estimate of drug-likeness (QED) is 0.813. The van der Waals surface area contributed by atoms with Crippen LogP contribution < -0.4 is 14.8 Å². The number of hydrogen-bond acceptors (Lipinski definition) is 3. The number of benzene rings is 1. The molecule has 0 bridgehead atoms. The third-order valence-electron chi connectivity index (χ3n) is 3.18. The van der Waals surface area contributed by atoms with E-state index in [4.69, 9.17) is 9.47 Å². The van der Waals surface area contributed by atoms with Gasteiger partial charge in [0.05, 0.1) is 14.2 Å². The molecule has 1 rings (SSSR count). The number of ether oxygens (including phenoxy) is 2. The van der Waals surface area contributed by atoms with Gasteiger partial charge in [-0.05, 0) is 38.0 Å². The summed E-state index contributed by atoms with van der Waals surface area (Å²) in [6.45, 7) is 5.91. The zero-order valence-corrected chi connectivity index (χ0v) is 12.8. The Morgan fingerprint density at radius 3 is 2.60 bits per heavy atom. The fourth-order valence-electron chi connectivity index (χ4n) is 1.79. The van der Waals surface area contributed by atoms with E-state index < -0.39 is 0 Å². The molecule has 4 nitrogen and oxygen atoms in total. The summed E-state index contributed by atoms with van der Waals surface area (Å²) in [6, 6.07) is 5.71. The second-order valence-electron chi connectivity index (χ2n) is 4.71. The largest absolute Gasteiger partial charge is 0.497 e. The number of carbonyl (C=O) groups excluding carboxylic acids is 1. The lowest BCUT2D eigenvalue weighted by Crippen LogP contribution is -2.30. The molecule has 1 N–H and O–H groups in total. The van der Waals surface area contributed by atoms with E-state index in [0.717, 1.165) is 23.3 Å². The molecule has 0 spiro atoms. The van der Waals surface area contributed by atoms with Gasteiger partial charge in [0, 0.05) is 23.7 Å². The minimum Gasteiger partial charge on any atom is -0.497 e. The Labute approximate surface area is 120 Å². The van der Waals surface area contributed by atoms with Crippen LogP contribution in [0.5, 0.6) is 11.5 Å². The van der Waals surface area contributed by atoms with Gasteiger partial charge in [0.15, 0.2) is 0 Å². The van der Waals surface area contributed by atoms with Crippen molar-refractivity contribution in [2.45, 2.75) is 33.2 Å². The van der Waals surface area contributed by atoms with E-state index in [0.29, 0.717) is 5.75 Å². The summed E-state index contributed by atoms with van der Waals surface area (Å²) in [5, 5.41) is 2.91. The van der Waals surface area contributed by atoms with Gasteiger partial charge in [-0.3, -0.25) is 4.79 Å². The second kappa shape index (κ2) is 7.58. The Hall–Kier alpha value is -1.97. The number of rotatable bonds is 6. The minimum absolute atomic E-state index is 0.0882. The van der Waals surface area contributed by atoms with Crippen molar-refractivity contribution in [2.24, 2.45) is 0 Å². The first kappa shape index (κ1) is 16.1. The van der Waals surface area contributed by atoms with E-state index in [-0.39, 0.29) is 11.9 Å². The van der Waals surface area contributed by atoms with Crippen LogP contribution in [0.3, 0.4) is 0 Å². The average molecular weight is 277 g/mol. The zero-order valence-electron chi connectivity index (χ0n) is 12.8. The minimum atomic E-state index is -0.0882. The van der Waals surface area contributed by atoms with Gasteiger partial charge in [-0.1, -0.05) is 6.92 Å². The first-order valence-electron chi connectivity index (χ1n) is 6.73. The molecule has 1 aromatic carbocycles. The highest BCUT2D eigenvalue weighted by Gasteiger charge is 2.09. The van der Waals surface area contributed by atoms with Crippen LogP contribution in [0.4, 0.5) is 0 Å². The zero-order chi connectivity index (χ0) is 15.1. The molecule has 1 amide bonds. The van der Waals surface area contributed by atoms with E-state index in [1.54, 1.807) is 26.4 Å². The lowest BCUT2D eigenvalue weighted by atomic mass is 10.1. The van der Waals surface area contributed by atoms with Crippen LogP contribution in [-0.4, -0.2) is 26.2 Å². The van der Waals surface area contributed by atoms with Crippen LogP contribution in [0, 0.1) is 0 Å². The van der Waals surface area contributed by atoms with Gasteiger partial charge in [0.1, 0.15) is 11.5 Å². The Bertz CT molecular complexity index is 494. The van der Waals surface area contributed by atoms with Crippen molar-refractivity contribution in [3.05, 3.63) is 29.8 Å². The predicted octanol–water partition coefficient (Wildman–Crippen LogP) is 3.02. The number of amides is 1. The molecule has 0 aromatic heterocycles. The van der Waals surface area contributed by atoms with Crippen molar-refractivity contribution in [2.75, 3.05) is 14.2 Å².